The van der Waals surface area contributed by atoms with Gasteiger partial charge in [0.25, 0.3) is 5.91 Å². The first-order valence-electron chi connectivity index (χ1n) is 5.30. The zero-order chi connectivity index (χ0) is 13.0. The van der Waals surface area contributed by atoms with Crippen molar-refractivity contribution in [3.05, 3.63) is 59.7 Å². The summed E-state index contributed by atoms with van der Waals surface area (Å²) >= 11 is 0. The van der Waals surface area contributed by atoms with Crippen molar-refractivity contribution in [3.63, 3.8) is 0 Å². The second-order valence-corrected chi connectivity index (χ2v) is 3.71. The van der Waals surface area contributed by atoms with Crippen molar-refractivity contribution in [2.24, 2.45) is 0 Å². The Morgan fingerprint density at radius 3 is 2.44 bits per heavy atom. The predicted octanol–water partition coefficient (Wildman–Crippen LogP) is 2.31. The molecule has 4 nitrogen and oxygen atoms in total. The van der Waals surface area contributed by atoms with E-state index in [1.165, 1.54) is 12.1 Å². The van der Waals surface area contributed by atoms with E-state index in [0.29, 0.717) is 22.5 Å². The quantitative estimate of drug-likeness (QED) is 0.891. The molecule has 0 aliphatic heterocycles. The van der Waals surface area contributed by atoms with Crippen molar-refractivity contribution in [3.8, 4) is 0 Å². The van der Waals surface area contributed by atoms with Gasteiger partial charge in [0.05, 0.1) is 5.69 Å². The number of rotatable bonds is 3. The van der Waals surface area contributed by atoms with Crippen LogP contribution in [0.3, 0.4) is 0 Å². The molecule has 0 unspecified atom stereocenters. The summed E-state index contributed by atoms with van der Waals surface area (Å²) in [5, 5.41) is 2.68. The van der Waals surface area contributed by atoms with Gasteiger partial charge in [-0.2, -0.15) is 0 Å². The predicted molar refractivity (Wildman–Crippen MR) is 68.4 cm³/mol. The van der Waals surface area contributed by atoms with Crippen LogP contribution >= 0.6 is 0 Å². The molecule has 0 aromatic heterocycles. The number of nitrogens with one attached hydrogen (secondary N) is 2. The van der Waals surface area contributed by atoms with E-state index >= 15 is 0 Å². The van der Waals surface area contributed by atoms with Crippen LogP contribution in [0.5, 0.6) is 0 Å². The highest BCUT2D eigenvalue weighted by Crippen LogP contribution is 2.14. The molecule has 0 fully saturated rings. The second kappa shape index (κ2) is 5.14. The van der Waals surface area contributed by atoms with Crippen LogP contribution in [0.1, 0.15) is 15.9 Å². The zero-order valence-electron chi connectivity index (χ0n) is 9.44. The van der Waals surface area contributed by atoms with Crippen LogP contribution in [-0.4, -0.2) is 12.2 Å². The van der Waals surface area contributed by atoms with Gasteiger partial charge in [-0.15, -0.1) is 0 Å². The topological polar surface area (TPSA) is 70.0 Å². The van der Waals surface area contributed by atoms with Gasteiger partial charge < -0.3 is 11.1 Å². The number of benzene rings is 2. The molecule has 1 amide bonds. The van der Waals surface area contributed by atoms with Gasteiger partial charge in [0, 0.05) is 16.8 Å². The summed E-state index contributed by atoms with van der Waals surface area (Å²) in [6.07, 6.45) is 1.74. The Kier molecular flexibility index (Phi) is 3.38. The van der Waals surface area contributed by atoms with Crippen LogP contribution < -0.4 is 11.1 Å². The Hall–Kier alpha value is -2.62. The summed E-state index contributed by atoms with van der Waals surface area (Å²) in [5.74, 6) is -0.280. The van der Waals surface area contributed by atoms with Gasteiger partial charge in [-0.05, 0) is 30.3 Å². The largest absolute Gasteiger partial charge is 0.322 e. The minimum atomic E-state index is -0.280. The average Bonchev–Trinajstić information content (AvgIpc) is 2.39. The van der Waals surface area contributed by atoms with Gasteiger partial charge in [-0.25, -0.2) is 0 Å². The third-order valence-electron chi connectivity index (χ3n) is 2.39. The molecule has 2 rings (SSSR count). The highest BCUT2D eigenvalue weighted by Gasteiger charge is 2.06. The van der Waals surface area contributed by atoms with E-state index in [4.69, 9.17) is 5.73 Å². The maximum Gasteiger partial charge on any atom is 0.255 e. The highest BCUT2D eigenvalue weighted by molar-refractivity contribution is 6.04. The Morgan fingerprint density at radius 2 is 1.83 bits per heavy atom. The lowest BCUT2D eigenvalue weighted by atomic mass is 10.1. The number of hydrogen-bond acceptors (Lipinski definition) is 2. The molecule has 0 spiro atoms. The molecule has 0 aliphatic rings. The fourth-order valence-electron chi connectivity index (χ4n) is 1.49. The van der Waals surface area contributed by atoms with E-state index in [1.54, 1.807) is 42.7 Å². The fraction of sp³-hybridized carbons (Fsp3) is 0. The lowest BCUT2D eigenvalue weighted by Gasteiger charge is -2.05. The molecule has 0 heterocycles. The van der Waals surface area contributed by atoms with Crippen molar-refractivity contribution < 1.29 is 9.59 Å². The summed E-state index contributed by atoms with van der Waals surface area (Å²) in [4.78, 5) is 22.2. The van der Waals surface area contributed by atoms with Crippen LogP contribution in [0.25, 0.3) is 0 Å². The molecule has 2 aromatic carbocycles. The number of carbonyl (C=O) groups excluding carboxylic acids is 2. The van der Waals surface area contributed by atoms with E-state index < -0.39 is 0 Å². The van der Waals surface area contributed by atoms with Crippen molar-refractivity contribution in [1.29, 1.82) is 0 Å². The normalized spacial score (nSPS) is 9.78. The first-order valence-corrected chi connectivity index (χ1v) is 5.30. The molecule has 0 saturated heterocycles. The molecule has 88 valence electrons. The Balaban J connectivity index is 2.14. The number of anilines is 1. The third kappa shape index (κ3) is 2.74. The fourth-order valence-corrected chi connectivity index (χ4v) is 1.49. The lowest BCUT2D eigenvalue weighted by Crippen LogP contribution is -2.11. The molecule has 0 saturated carbocycles. The van der Waals surface area contributed by atoms with Gasteiger partial charge in [0.1, 0.15) is 0 Å². The molecule has 2 aromatic rings. The van der Waals surface area contributed by atoms with Crippen LogP contribution in [0.2, 0.25) is 0 Å². The van der Waals surface area contributed by atoms with Crippen molar-refractivity contribution in [2.45, 2.75) is 0 Å². The Morgan fingerprint density at radius 1 is 1.11 bits per heavy atom. The number of amides is 1. The summed E-state index contributed by atoms with van der Waals surface area (Å²) in [6.45, 7) is 0. The summed E-state index contributed by atoms with van der Waals surface area (Å²) in [5.41, 5.74) is 9.19. The number of hydrogen-bond donors (Lipinski definition) is 1. The Labute approximate surface area is 104 Å². The van der Waals surface area contributed by atoms with Crippen molar-refractivity contribution in [1.82, 2.24) is 5.73 Å². The van der Waals surface area contributed by atoms with Gasteiger partial charge in [0.15, 0.2) is 0 Å². The van der Waals surface area contributed by atoms with E-state index in [-0.39, 0.29) is 5.91 Å². The lowest BCUT2D eigenvalue weighted by molar-refractivity contribution is 0.102. The second-order valence-electron chi connectivity index (χ2n) is 3.71. The van der Waals surface area contributed by atoms with Gasteiger partial charge in [0.2, 0.25) is 6.29 Å². The Bertz CT molecular complexity index is 577. The first kappa shape index (κ1) is 11.9. The van der Waals surface area contributed by atoms with Gasteiger partial charge in [-0.3, -0.25) is 9.59 Å². The third-order valence-corrected chi connectivity index (χ3v) is 2.39. The molecule has 0 bridgehead atoms. The van der Waals surface area contributed by atoms with E-state index in [9.17, 15) is 9.59 Å². The molecular weight excluding hydrogens is 228 g/mol. The standard InChI is InChI=1S/C14H10N2O2/c15-12-2-1-3-13(8-12)16-14(18)11-6-4-10(9-17)5-7-11/h1-8,15H,(H,16,18). The first-order chi connectivity index (χ1) is 8.69. The zero-order valence-corrected chi connectivity index (χ0v) is 9.44. The van der Waals surface area contributed by atoms with Crippen molar-refractivity contribution in [2.75, 3.05) is 5.32 Å². The van der Waals surface area contributed by atoms with Crippen LogP contribution in [0.4, 0.5) is 11.4 Å². The molecule has 18 heavy (non-hydrogen) atoms. The molecule has 2 radical (unpaired) electrons. The van der Waals surface area contributed by atoms with Gasteiger partial charge in [-0.1, -0.05) is 18.2 Å². The highest BCUT2D eigenvalue weighted by atomic mass is 16.1. The molecule has 0 atom stereocenters. The monoisotopic (exact) mass is 238 g/mol. The van der Waals surface area contributed by atoms with E-state index in [0.717, 1.165) is 0 Å². The van der Waals surface area contributed by atoms with Crippen LogP contribution in [-0.2, 0) is 4.79 Å². The summed E-state index contributed by atoms with van der Waals surface area (Å²) in [7, 11) is 0. The van der Waals surface area contributed by atoms with Crippen molar-refractivity contribution >= 4 is 23.6 Å². The van der Waals surface area contributed by atoms with Gasteiger partial charge >= 0.3 is 0 Å². The van der Waals surface area contributed by atoms with Crippen LogP contribution in [0, 0.1) is 0 Å². The molecule has 4 heteroatoms. The summed E-state index contributed by atoms with van der Waals surface area (Å²) < 4.78 is 0. The molecule has 0 aliphatic carbocycles. The summed E-state index contributed by atoms with van der Waals surface area (Å²) in [6, 6.07) is 12.8. The smallest absolute Gasteiger partial charge is 0.255 e. The van der Waals surface area contributed by atoms with E-state index in [1.807, 2.05) is 0 Å². The minimum Gasteiger partial charge on any atom is -0.322 e. The molecule has 2 N–H and O–H groups in total. The minimum absolute atomic E-state index is 0.280. The van der Waals surface area contributed by atoms with Crippen LogP contribution in [0.15, 0.2) is 48.5 Å². The number of carbonyl (C=O) groups is 1. The van der Waals surface area contributed by atoms with E-state index in [2.05, 4.69) is 5.32 Å². The average molecular weight is 238 g/mol. The maximum absolute atomic E-state index is 11.9. The SMILES string of the molecule is [NH]c1cccc(NC(=O)c2ccc([C]=O)cc2)c1. The maximum atomic E-state index is 11.9. The molecular formula is C14H10N2O2.